The van der Waals surface area contributed by atoms with Crippen molar-refractivity contribution in [3.05, 3.63) is 39.3 Å². The summed E-state index contributed by atoms with van der Waals surface area (Å²) < 4.78 is 48.8. The number of amides is 1. The summed E-state index contributed by atoms with van der Waals surface area (Å²) in [5, 5.41) is 10.4. The number of nitrogens with zero attached hydrogens (tertiary/aromatic N) is 2. The highest BCUT2D eigenvalue weighted by Gasteiger charge is 2.47. The molecule has 1 saturated heterocycles. The first-order valence-electron chi connectivity index (χ1n) is 15.2. The van der Waals surface area contributed by atoms with Gasteiger partial charge in [0.05, 0.1) is 39.2 Å². The van der Waals surface area contributed by atoms with Crippen LogP contribution in [0.3, 0.4) is 0 Å². The molecule has 8 nitrogen and oxygen atoms in total. The van der Waals surface area contributed by atoms with Crippen LogP contribution in [-0.2, 0) is 14.3 Å². The van der Waals surface area contributed by atoms with E-state index in [4.69, 9.17) is 33.3 Å². The fourth-order valence-electron chi connectivity index (χ4n) is 6.92. The van der Waals surface area contributed by atoms with Gasteiger partial charge in [0.1, 0.15) is 5.70 Å². The van der Waals surface area contributed by atoms with Crippen molar-refractivity contribution in [2.24, 2.45) is 17.3 Å². The van der Waals surface area contributed by atoms with E-state index in [2.05, 4.69) is 10.3 Å². The average molecular weight is 660 g/mol. The van der Waals surface area contributed by atoms with Gasteiger partial charge in [-0.2, -0.15) is 13.2 Å². The number of aromatic nitrogens is 1. The molecule has 3 aliphatic rings. The molecule has 3 fully saturated rings. The number of ketones is 1. The smallest absolute Gasteiger partial charge is 0.431 e. The van der Waals surface area contributed by atoms with Crippen molar-refractivity contribution >= 4 is 47.1 Å². The summed E-state index contributed by atoms with van der Waals surface area (Å²) >= 11 is 12.6. The van der Waals surface area contributed by atoms with Gasteiger partial charge in [-0.3, -0.25) is 19.4 Å². The lowest BCUT2D eigenvalue weighted by atomic mass is 9.74. The summed E-state index contributed by atoms with van der Waals surface area (Å²) in [5.41, 5.74) is -3.03. The van der Waals surface area contributed by atoms with E-state index in [-0.39, 0.29) is 65.8 Å². The first-order valence-corrected chi connectivity index (χ1v) is 16.0. The van der Waals surface area contributed by atoms with Gasteiger partial charge in [0, 0.05) is 31.2 Å². The van der Waals surface area contributed by atoms with Gasteiger partial charge in [-0.05, 0) is 57.8 Å². The lowest BCUT2D eigenvalue weighted by Gasteiger charge is -2.36. The lowest BCUT2D eigenvalue weighted by Crippen LogP contribution is -2.46. The molecule has 1 aliphatic heterocycles. The molecule has 2 heterocycles. The van der Waals surface area contributed by atoms with Gasteiger partial charge in [0.15, 0.2) is 5.78 Å². The number of likely N-dealkylation sites (tertiary alicyclic amines) is 1. The van der Waals surface area contributed by atoms with Gasteiger partial charge in [-0.15, -0.1) is 0 Å². The maximum atomic E-state index is 14.6. The Bertz CT molecular complexity index is 1270. The van der Waals surface area contributed by atoms with Crippen molar-refractivity contribution in [1.82, 2.24) is 15.2 Å². The number of allylic oxidation sites excluding steroid dienone is 1. The van der Waals surface area contributed by atoms with Crippen molar-refractivity contribution in [2.45, 2.75) is 96.3 Å². The highest BCUT2D eigenvalue weighted by Crippen LogP contribution is 2.41. The van der Waals surface area contributed by atoms with Gasteiger partial charge < -0.3 is 20.4 Å². The monoisotopic (exact) mass is 658 g/mol. The molecule has 0 bridgehead atoms. The molecule has 0 radical (unpaired) electrons. The first-order chi connectivity index (χ1) is 20.8. The van der Waals surface area contributed by atoms with Crippen LogP contribution in [0.25, 0.3) is 0 Å². The Kier molecular flexibility index (Phi) is 11.0. The molecule has 1 unspecified atom stereocenters. The van der Waals surface area contributed by atoms with E-state index in [1.54, 1.807) is 13.8 Å². The van der Waals surface area contributed by atoms with Gasteiger partial charge in [-0.25, -0.2) is 0 Å². The zero-order valence-electron chi connectivity index (χ0n) is 24.9. The number of hydrogen-bond donors (Lipinski definition) is 2. The molecular weight excluding hydrogens is 620 g/mol. The van der Waals surface area contributed by atoms with Crippen LogP contribution < -0.4 is 5.32 Å². The lowest BCUT2D eigenvalue weighted by molar-refractivity contribution is -0.156. The number of carbonyl (C=O) groups is 3. The molecular formula is C31H39Cl2F3N4O4. The Labute approximate surface area is 265 Å². The minimum atomic E-state index is -4.98. The van der Waals surface area contributed by atoms with Crippen molar-refractivity contribution in [3.8, 4) is 0 Å². The Morgan fingerprint density at radius 1 is 1.09 bits per heavy atom. The van der Waals surface area contributed by atoms with E-state index in [9.17, 15) is 27.6 Å². The summed E-state index contributed by atoms with van der Waals surface area (Å²) in [7, 11) is 0. The van der Waals surface area contributed by atoms with Crippen LogP contribution >= 0.6 is 23.2 Å². The molecule has 13 heteroatoms. The van der Waals surface area contributed by atoms with E-state index in [1.165, 1.54) is 17.3 Å². The summed E-state index contributed by atoms with van der Waals surface area (Å²) in [6, 6.07) is -1.78. The van der Waals surface area contributed by atoms with Crippen LogP contribution in [0, 0.1) is 22.7 Å². The summed E-state index contributed by atoms with van der Waals surface area (Å²) in [4.78, 5) is 45.3. The van der Waals surface area contributed by atoms with Gasteiger partial charge in [-0.1, -0.05) is 55.3 Å². The maximum Gasteiger partial charge on any atom is 0.431 e. The second kappa shape index (κ2) is 14.2. The molecule has 242 valence electrons. The largest absolute Gasteiger partial charge is 0.466 e. The standard InChI is InChI=1S/C31H39Cl2F3N4O4/c1-3-44-29(43)30(2)11-9-20(10-12-30)39-27(31(34,35)36)21(14-37)28(42)40-17-19(18-7-5-4-6-8-18)13-24(40)26(41)25-22(32)15-38-16-23(25)33/h14-16,18-20,24,37,39H,3-13,17H2,1-2H3/b27-21+,37-14?/t19-,20-,24?,30-/m1/s1. The molecule has 2 N–H and O–H groups in total. The molecule has 2 aliphatic carbocycles. The second-order valence-corrected chi connectivity index (χ2v) is 13.2. The van der Waals surface area contributed by atoms with E-state index in [0.717, 1.165) is 32.1 Å². The van der Waals surface area contributed by atoms with Crippen molar-refractivity contribution in [1.29, 1.82) is 5.41 Å². The third-order valence-corrected chi connectivity index (χ3v) is 10.0. The number of nitrogens with one attached hydrogen (secondary N) is 2. The summed E-state index contributed by atoms with van der Waals surface area (Å²) in [5.74, 6) is -1.87. The van der Waals surface area contributed by atoms with Crippen LogP contribution in [0.1, 0.15) is 88.4 Å². The van der Waals surface area contributed by atoms with E-state index < -0.39 is 46.6 Å². The van der Waals surface area contributed by atoms with Gasteiger partial charge in [0.2, 0.25) is 0 Å². The summed E-state index contributed by atoms with van der Waals surface area (Å²) in [6.07, 6.45) is 4.25. The first kappa shape index (κ1) is 34.2. The number of esters is 1. The number of hydrogen-bond acceptors (Lipinski definition) is 7. The Balaban J connectivity index is 1.65. The van der Waals surface area contributed by atoms with Crippen molar-refractivity contribution < 1.29 is 32.3 Å². The minimum Gasteiger partial charge on any atom is -0.466 e. The zero-order valence-corrected chi connectivity index (χ0v) is 26.5. The molecule has 4 rings (SSSR count). The molecule has 2 saturated carbocycles. The van der Waals surface area contributed by atoms with Crippen LogP contribution in [0.5, 0.6) is 0 Å². The maximum absolute atomic E-state index is 14.6. The molecule has 1 aromatic rings. The molecule has 2 atom stereocenters. The van der Waals surface area contributed by atoms with Gasteiger partial charge >= 0.3 is 12.1 Å². The van der Waals surface area contributed by atoms with Crippen LogP contribution in [0.15, 0.2) is 23.7 Å². The highest BCUT2D eigenvalue weighted by molar-refractivity contribution is 6.40. The third-order valence-electron chi connectivity index (χ3n) is 9.45. The topological polar surface area (TPSA) is 112 Å². The number of halogens is 5. The fraction of sp³-hybridized carbons (Fsp3) is 0.645. The molecule has 0 aromatic carbocycles. The van der Waals surface area contributed by atoms with E-state index in [0.29, 0.717) is 19.1 Å². The highest BCUT2D eigenvalue weighted by atomic mass is 35.5. The Morgan fingerprint density at radius 2 is 1.70 bits per heavy atom. The zero-order chi connectivity index (χ0) is 32.2. The molecule has 1 aromatic heterocycles. The number of ether oxygens (including phenoxy) is 1. The quantitative estimate of drug-likeness (QED) is 0.129. The predicted octanol–water partition coefficient (Wildman–Crippen LogP) is 6.94. The second-order valence-electron chi connectivity index (χ2n) is 12.3. The third kappa shape index (κ3) is 7.41. The SMILES string of the molecule is CCOC(=O)[C@]1(C)CC[C@@H](N/C(=C(\C=N)C(=O)N2C[C@H](C3CCCCC3)CC2C(=O)c2c(Cl)cncc2Cl)C(F)(F)F)CC1. The molecule has 44 heavy (non-hydrogen) atoms. The molecule has 1 amide bonds. The average Bonchev–Trinajstić information content (AvgIpc) is 3.44. The predicted molar refractivity (Wildman–Crippen MR) is 161 cm³/mol. The van der Waals surface area contributed by atoms with Crippen LogP contribution in [-0.4, -0.2) is 65.2 Å². The normalized spacial score (nSPS) is 27.0. The number of Topliss-reactive ketones (excluding diaryl/α,β-unsaturated/α-hetero) is 1. The summed E-state index contributed by atoms with van der Waals surface area (Å²) in [6.45, 7) is 3.73. The van der Waals surface area contributed by atoms with Crippen molar-refractivity contribution in [2.75, 3.05) is 13.2 Å². The van der Waals surface area contributed by atoms with E-state index in [1.807, 2.05) is 0 Å². The molecule has 0 spiro atoms. The number of pyridine rings is 1. The van der Waals surface area contributed by atoms with Gasteiger partial charge in [0.25, 0.3) is 5.91 Å². The number of alkyl halides is 3. The Morgan fingerprint density at radius 3 is 2.25 bits per heavy atom. The van der Waals surface area contributed by atoms with Crippen LogP contribution in [0.2, 0.25) is 10.0 Å². The number of rotatable bonds is 9. The van der Waals surface area contributed by atoms with E-state index >= 15 is 0 Å². The number of carbonyl (C=O) groups excluding carboxylic acids is 3. The van der Waals surface area contributed by atoms with Crippen molar-refractivity contribution in [3.63, 3.8) is 0 Å². The fourth-order valence-corrected chi connectivity index (χ4v) is 7.47. The van der Waals surface area contributed by atoms with Crippen LogP contribution in [0.4, 0.5) is 13.2 Å². The Hall–Kier alpha value is -2.66. The minimum absolute atomic E-state index is 0.0106.